The van der Waals surface area contributed by atoms with E-state index in [0.717, 1.165) is 48.5 Å². The number of benzene rings is 1. The molecule has 1 heterocycles. The van der Waals surface area contributed by atoms with Gasteiger partial charge in [-0.3, -0.25) is 0 Å². The Morgan fingerprint density at radius 1 is 1.08 bits per heavy atom. The highest BCUT2D eigenvalue weighted by Gasteiger charge is 2.30. The van der Waals surface area contributed by atoms with Crippen molar-refractivity contribution in [2.45, 2.75) is 107 Å². The monoisotopic (exact) mass is 548 g/mol. The van der Waals surface area contributed by atoms with Crippen molar-refractivity contribution in [1.82, 2.24) is 5.32 Å². The van der Waals surface area contributed by atoms with Crippen LogP contribution in [0.3, 0.4) is 0 Å². The molecule has 0 bridgehead atoms. The lowest BCUT2D eigenvalue weighted by molar-refractivity contribution is 0.314. The number of rotatable bonds is 10. The number of terminal acetylenes is 1. The van der Waals surface area contributed by atoms with Gasteiger partial charge in [-0.15, -0.1) is 23.7 Å². The van der Waals surface area contributed by atoms with Gasteiger partial charge >= 0.3 is 0 Å². The first kappa shape index (κ1) is 34.6. The number of hydrogen-bond acceptors (Lipinski definition) is 3. The Morgan fingerprint density at radius 3 is 2.13 bits per heavy atom. The van der Waals surface area contributed by atoms with Crippen LogP contribution in [0.25, 0.3) is 5.70 Å². The van der Waals surface area contributed by atoms with Gasteiger partial charge in [0, 0.05) is 28.4 Å². The third kappa shape index (κ3) is 12.1. The fourth-order valence-electron chi connectivity index (χ4n) is 4.68. The smallest absolute Gasteiger partial charge is 0.102 e. The molecule has 1 saturated carbocycles. The first-order valence-electron chi connectivity index (χ1n) is 15.2. The van der Waals surface area contributed by atoms with Crippen LogP contribution < -0.4 is 10.6 Å². The number of nitrogens with one attached hydrogen (secondary N) is 2. The SMILES string of the molecule is C#CC.C=C(CCC)Nc1sc2c(c1C(=C)NCC1CC1)CC(C(C)CC)CC2.CC.Cc1ccc(C)cc1. The molecule has 4 rings (SSSR count). The summed E-state index contributed by atoms with van der Waals surface area (Å²) in [5.74, 6) is 4.72. The molecule has 1 aromatic carbocycles. The summed E-state index contributed by atoms with van der Waals surface area (Å²) in [5.41, 5.74) is 7.82. The van der Waals surface area contributed by atoms with E-state index >= 15 is 0 Å². The number of fused-ring (bicyclic) bond motifs is 1. The summed E-state index contributed by atoms with van der Waals surface area (Å²) in [6, 6.07) is 8.48. The van der Waals surface area contributed by atoms with Gasteiger partial charge < -0.3 is 10.6 Å². The van der Waals surface area contributed by atoms with E-state index in [1.54, 1.807) is 17.4 Å². The summed E-state index contributed by atoms with van der Waals surface area (Å²) in [6.07, 6.45) is 14.5. The predicted molar refractivity (Wildman–Crippen MR) is 178 cm³/mol. The summed E-state index contributed by atoms with van der Waals surface area (Å²) in [7, 11) is 0. The zero-order valence-electron chi connectivity index (χ0n) is 26.3. The van der Waals surface area contributed by atoms with Gasteiger partial charge in [0.25, 0.3) is 0 Å². The van der Waals surface area contributed by atoms with Crippen LogP contribution in [0.15, 0.2) is 43.1 Å². The fourth-order valence-corrected chi connectivity index (χ4v) is 6.00. The lowest BCUT2D eigenvalue weighted by Gasteiger charge is -2.28. The molecular weight excluding hydrogens is 492 g/mol. The molecule has 2 nitrogen and oxygen atoms in total. The van der Waals surface area contributed by atoms with E-state index in [9.17, 15) is 0 Å². The first-order chi connectivity index (χ1) is 18.7. The maximum absolute atomic E-state index is 4.60. The highest BCUT2D eigenvalue weighted by molar-refractivity contribution is 7.16. The number of thiophene rings is 1. The molecule has 1 aromatic heterocycles. The van der Waals surface area contributed by atoms with E-state index in [-0.39, 0.29) is 0 Å². The van der Waals surface area contributed by atoms with E-state index in [2.05, 4.69) is 95.0 Å². The molecule has 2 aliphatic rings. The molecule has 0 saturated heterocycles. The van der Waals surface area contributed by atoms with Gasteiger partial charge in [0.1, 0.15) is 5.00 Å². The highest BCUT2D eigenvalue weighted by Crippen LogP contribution is 2.44. The number of anilines is 1. The minimum Gasteiger partial charge on any atom is -0.385 e. The van der Waals surface area contributed by atoms with Gasteiger partial charge in [-0.2, -0.15) is 0 Å². The minimum atomic E-state index is 0.801. The van der Waals surface area contributed by atoms with Gasteiger partial charge in [0.15, 0.2) is 0 Å². The van der Waals surface area contributed by atoms with Gasteiger partial charge in [0.2, 0.25) is 0 Å². The molecule has 2 unspecified atom stereocenters. The average Bonchev–Trinajstić information content (AvgIpc) is 3.70. The van der Waals surface area contributed by atoms with Gasteiger partial charge in [-0.1, -0.05) is 96.0 Å². The molecule has 2 atom stereocenters. The zero-order chi connectivity index (χ0) is 29.4. The van der Waals surface area contributed by atoms with Crippen molar-refractivity contribution < 1.29 is 0 Å². The van der Waals surface area contributed by atoms with Crippen LogP contribution in [-0.4, -0.2) is 6.54 Å². The summed E-state index contributed by atoms with van der Waals surface area (Å²) in [4.78, 5) is 1.57. The molecule has 0 aliphatic heterocycles. The molecule has 3 heteroatoms. The molecule has 0 spiro atoms. The third-order valence-corrected chi connectivity index (χ3v) is 8.62. The maximum Gasteiger partial charge on any atom is 0.102 e. The lowest BCUT2D eigenvalue weighted by atomic mass is 9.78. The molecule has 39 heavy (non-hydrogen) atoms. The fraction of sp³-hybridized carbons (Fsp3) is 0.556. The van der Waals surface area contributed by atoms with Crippen LogP contribution in [0.2, 0.25) is 0 Å². The van der Waals surface area contributed by atoms with Crippen molar-refractivity contribution in [3.63, 3.8) is 0 Å². The largest absolute Gasteiger partial charge is 0.385 e. The molecule has 0 amide bonds. The van der Waals surface area contributed by atoms with E-state index < -0.39 is 0 Å². The molecular formula is C36H56N2S. The van der Waals surface area contributed by atoms with E-state index in [4.69, 9.17) is 0 Å². The molecule has 2 aromatic rings. The molecule has 1 fully saturated rings. The summed E-state index contributed by atoms with van der Waals surface area (Å²) in [5, 5.41) is 8.55. The standard InChI is InChI=1S/C23H36N2S.C8H10.C3H4.C2H6/c1-6-8-16(4)25-23-22(17(5)24-14-18-9-10-18)20-13-19(15(3)7-2)11-12-21(20)26-23;1-7-3-5-8(2)6-4-7;1-3-2;1-2/h15,18-19,24-25H,4-14H2,1-3H3;3-6H,1-2H3;1H,2H3;1-2H3. The van der Waals surface area contributed by atoms with Crippen molar-refractivity contribution in [3.8, 4) is 12.3 Å². The second-order valence-corrected chi connectivity index (χ2v) is 11.9. The molecule has 0 radical (unpaired) electrons. The van der Waals surface area contributed by atoms with Crippen molar-refractivity contribution in [2.75, 3.05) is 11.9 Å². The summed E-state index contributed by atoms with van der Waals surface area (Å²) >= 11 is 1.94. The Labute approximate surface area is 245 Å². The highest BCUT2D eigenvalue weighted by atomic mass is 32.1. The average molecular weight is 549 g/mol. The molecule has 2 N–H and O–H groups in total. The van der Waals surface area contributed by atoms with Gasteiger partial charge in [-0.05, 0) is 82.6 Å². The summed E-state index contributed by atoms with van der Waals surface area (Å²) < 4.78 is 0. The topological polar surface area (TPSA) is 24.1 Å². The second kappa shape index (κ2) is 18.8. The van der Waals surface area contributed by atoms with Crippen molar-refractivity contribution in [2.24, 2.45) is 17.8 Å². The van der Waals surface area contributed by atoms with Crippen LogP contribution in [0.4, 0.5) is 5.00 Å². The normalized spacial score (nSPS) is 15.8. The van der Waals surface area contributed by atoms with Crippen molar-refractivity contribution >= 4 is 22.0 Å². The Balaban J connectivity index is 0.000000486. The van der Waals surface area contributed by atoms with Crippen molar-refractivity contribution in [1.29, 1.82) is 0 Å². The maximum atomic E-state index is 4.60. The van der Waals surface area contributed by atoms with Gasteiger partial charge in [-0.25, -0.2) is 0 Å². The Morgan fingerprint density at radius 2 is 1.64 bits per heavy atom. The second-order valence-electron chi connectivity index (χ2n) is 10.8. The minimum absolute atomic E-state index is 0.801. The lowest BCUT2D eigenvalue weighted by Crippen LogP contribution is -2.21. The van der Waals surface area contributed by atoms with Crippen LogP contribution in [0.1, 0.15) is 107 Å². The van der Waals surface area contributed by atoms with Gasteiger partial charge in [0.05, 0.1) is 0 Å². The zero-order valence-corrected chi connectivity index (χ0v) is 27.1. The van der Waals surface area contributed by atoms with Crippen molar-refractivity contribution in [3.05, 3.63) is 70.3 Å². The van der Waals surface area contributed by atoms with Crippen LogP contribution in [0, 0.1) is 43.9 Å². The number of hydrogen-bond donors (Lipinski definition) is 2. The Bertz CT molecular complexity index is 1010. The number of aryl methyl sites for hydroxylation is 3. The van der Waals surface area contributed by atoms with Crippen LogP contribution in [-0.2, 0) is 12.8 Å². The van der Waals surface area contributed by atoms with E-state index in [1.165, 1.54) is 60.2 Å². The quantitative estimate of drug-likeness (QED) is 0.289. The number of allylic oxidation sites excluding steroid dienone is 1. The third-order valence-electron chi connectivity index (χ3n) is 7.41. The predicted octanol–water partition coefficient (Wildman–Crippen LogP) is 10.6. The molecule has 2 aliphatic carbocycles. The van der Waals surface area contributed by atoms with E-state index in [1.807, 2.05) is 25.2 Å². The Hall–Kier alpha value is -2.44. The Kier molecular flexibility index (Phi) is 16.7. The van der Waals surface area contributed by atoms with E-state index in [0.29, 0.717) is 0 Å². The van der Waals surface area contributed by atoms with Crippen LogP contribution >= 0.6 is 11.3 Å². The first-order valence-corrected chi connectivity index (χ1v) is 16.0. The van der Waals surface area contributed by atoms with Crippen LogP contribution in [0.5, 0.6) is 0 Å². The summed E-state index contributed by atoms with van der Waals surface area (Å²) in [6.45, 7) is 26.5. The molecule has 216 valence electrons.